The zero-order valence-electron chi connectivity index (χ0n) is 10.7. The van der Waals surface area contributed by atoms with Gasteiger partial charge in [-0.2, -0.15) is 0 Å². The molecule has 108 valence electrons. The molecule has 20 heavy (non-hydrogen) atoms. The lowest BCUT2D eigenvalue weighted by atomic mass is 10.2. The molecule has 0 spiro atoms. The number of nitrogens with zero attached hydrogens (tertiary/aromatic N) is 3. The topological polar surface area (TPSA) is 79.5 Å². The van der Waals surface area contributed by atoms with Crippen molar-refractivity contribution in [3.8, 4) is 0 Å². The standard InChI is InChI=1S/C12H14BrClN4O2/c13-9-3-8(14)4-16-10(9)5-17-1-2-18(6-11(15)19)12(20)7-17/h3-4H,1-2,5-7H2,(H2,15,19). The van der Waals surface area contributed by atoms with Gasteiger partial charge >= 0.3 is 0 Å². The number of amides is 2. The second kappa shape index (κ2) is 6.51. The van der Waals surface area contributed by atoms with Crippen LogP contribution in [0.3, 0.4) is 0 Å². The van der Waals surface area contributed by atoms with Gasteiger partial charge in [0, 0.05) is 30.3 Å². The van der Waals surface area contributed by atoms with Crippen LogP contribution in [-0.4, -0.2) is 52.8 Å². The van der Waals surface area contributed by atoms with Gasteiger partial charge in [0.2, 0.25) is 11.8 Å². The molecule has 0 saturated carbocycles. The summed E-state index contributed by atoms with van der Waals surface area (Å²) in [5.74, 6) is -0.589. The molecule has 1 fully saturated rings. The molecule has 0 bridgehead atoms. The third-order valence-electron chi connectivity index (χ3n) is 3.00. The van der Waals surface area contributed by atoms with E-state index in [0.29, 0.717) is 24.7 Å². The van der Waals surface area contributed by atoms with Crippen molar-refractivity contribution in [1.29, 1.82) is 0 Å². The van der Waals surface area contributed by atoms with Gasteiger partial charge in [-0.3, -0.25) is 19.5 Å². The Morgan fingerprint density at radius 3 is 2.85 bits per heavy atom. The summed E-state index contributed by atoms with van der Waals surface area (Å²) in [6.07, 6.45) is 1.58. The molecule has 0 aliphatic carbocycles. The van der Waals surface area contributed by atoms with Crippen LogP contribution in [0.1, 0.15) is 5.69 Å². The molecule has 1 aliphatic rings. The maximum absolute atomic E-state index is 11.9. The lowest BCUT2D eigenvalue weighted by molar-refractivity contribution is -0.139. The Kier molecular flexibility index (Phi) is 4.95. The van der Waals surface area contributed by atoms with E-state index in [-0.39, 0.29) is 19.0 Å². The van der Waals surface area contributed by atoms with E-state index in [9.17, 15) is 9.59 Å². The van der Waals surface area contributed by atoms with Crippen molar-refractivity contribution >= 4 is 39.3 Å². The zero-order valence-corrected chi connectivity index (χ0v) is 13.0. The minimum absolute atomic E-state index is 0.0183. The highest BCUT2D eigenvalue weighted by Gasteiger charge is 2.25. The van der Waals surface area contributed by atoms with E-state index in [1.165, 1.54) is 4.90 Å². The van der Waals surface area contributed by atoms with Gasteiger partial charge in [0.1, 0.15) is 0 Å². The maximum Gasteiger partial charge on any atom is 0.237 e. The Morgan fingerprint density at radius 2 is 2.25 bits per heavy atom. The summed E-state index contributed by atoms with van der Waals surface area (Å²) in [6, 6.07) is 1.77. The largest absolute Gasteiger partial charge is 0.368 e. The molecule has 1 aliphatic heterocycles. The van der Waals surface area contributed by atoms with Crippen LogP contribution in [0.5, 0.6) is 0 Å². The molecule has 0 unspecified atom stereocenters. The van der Waals surface area contributed by atoms with Gasteiger partial charge in [-0.05, 0) is 22.0 Å². The smallest absolute Gasteiger partial charge is 0.237 e. The highest BCUT2D eigenvalue weighted by molar-refractivity contribution is 9.10. The molecule has 2 amide bonds. The van der Waals surface area contributed by atoms with E-state index in [1.807, 2.05) is 4.90 Å². The average Bonchev–Trinajstić information content (AvgIpc) is 2.36. The molecule has 1 aromatic rings. The summed E-state index contributed by atoms with van der Waals surface area (Å²) >= 11 is 9.24. The number of piperazine rings is 1. The molecule has 1 saturated heterocycles. The average molecular weight is 362 g/mol. The molecule has 2 N–H and O–H groups in total. The van der Waals surface area contributed by atoms with E-state index in [1.54, 1.807) is 12.3 Å². The first kappa shape index (κ1) is 15.2. The fourth-order valence-corrected chi connectivity index (χ4v) is 2.78. The van der Waals surface area contributed by atoms with Gasteiger partial charge in [0.25, 0.3) is 0 Å². The third-order valence-corrected chi connectivity index (χ3v) is 3.90. The highest BCUT2D eigenvalue weighted by atomic mass is 79.9. The van der Waals surface area contributed by atoms with Gasteiger partial charge in [0.05, 0.1) is 23.8 Å². The predicted molar refractivity (Wildman–Crippen MR) is 78.0 cm³/mol. The molecule has 2 rings (SSSR count). The fourth-order valence-electron chi connectivity index (χ4n) is 2.02. The van der Waals surface area contributed by atoms with Gasteiger partial charge in [-0.25, -0.2) is 0 Å². The molecular weight excluding hydrogens is 348 g/mol. The lowest BCUT2D eigenvalue weighted by Gasteiger charge is -2.33. The summed E-state index contributed by atoms with van der Waals surface area (Å²) in [5.41, 5.74) is 5.93. The van der Waals surface area contributed by atoms with Crippen LogP contribution >= 0.6 is 27.5 Å². The lowest BCUT2D eigenvalue weighted by Crippen LogP contribution is -2.52. The third kappa shape index (κ3) is 3.91. The Morgan fingerprint density at radius 1 is 1.50 bits per heavy atom. The highest BCUT2D eigenvalue weighted by Crippen LogP contribution is 2.21. The van der Waals surface area contributed by atoms with Crippen molar-refractivity contribution in [2.45, 2.75) is 6.54 Å². The Balaban J connectivity index is 1.96. The van der Waals surface area contributed by atoms with Gasteiger partial charge in [0.15, 0.2) is 0 Å². The number of rotatable bonds is 4. The van der Waals surface area contributed by atoms with Crippen LogP contribution in [0, 0.1) is 0 Å². The summed E-state index contributed by atoms with van der Waals surface area (Å²) in [7, 11) is 0. The molecular formula is C12H14BrClN4O2. The molecule has 0 aromatic carbocycles. The van der Waals surface area contributed by atoms with Gasteiger partial charge in [-0.15, -0.1) is 0 Å². The summed E-state index contributed by atoms with van der Waals surface area (Å²) in [4.78, 5) is 30.4. The first-order chi connectivity index (χ1) is 9.45. The van der Waals surface area contributed by atoms with Crippen LogP contribution in [-0.2, 0) is 16.1 Å². The van der Waals surface area contributed by atoms with Crippen molar-refractivity contribution in [2.24, 2.45) is 5.73 Å². The second-order valence-electron chi connectivity index (χ2n) is 4.57. The van der Waals surface area contributed by atoms with E-state index < -0.39 is 5.91 Å². The predicted octanol–water partition coefficient (Wildman–Crippen LogP) is 0.627. The van der Waals surface area contributed by atoms with Crippen LogP contribution in [0.2, 0.25) is 5.02 Å². The quantitative estimate of drug-likeness (QED) is 0.853. The van der Waals surface area contributed by atoms with Crippen molar-refractivity contribution < 1.29 is 9.59 Å². The zero-order chi connectivity index (χ0) is 14.7. The van der Waals surface area contributed by atoms with Crippen LogP contribution in [0.15, 0.2) is 16.7 Å². The van der Waals surface area contributed by atoms with Crippen molar-refractivity contribution in [2.75, 3.05) is 26.2 Å². The molecule has 2 heterocycles. The van der Waals surface area contributed by atoms with Crippen LogP contribution in [0.25, 0.3) is 0 Å². The molecule has 0 radical (unpaired) electrons. The van der Waals surface area contributed by atoms with Gasteiger partial charge < -0.3 is 10.6 Å². The van der Waals surface area contributed by atoms with Gasteiger partial charge in [-0.1, -0.05) is 11.6 Å². The fraction of sp³-hybridized carbons (Fsp3) is 0.417. The van der Waals surface area contributed by atoms with E-state index >= 15 is 0 Å². The SMILES string of the molecule is NC(=O)CN1CCN(Cc2ncc(Cl)cc2Br)CC1=O. The normalized spacial score (nSPS) is 16.5. The Labute approximate surface area is 130 Å². The number of carbonyl (C=O) groups is 2. The molecule has 1 aromatic heterocycles. The number of aromatic nitrogens is 1. The maximum atomic E-state index is 11.9. The molecule has 6 nitrogen and oxygen atoms in total. The van der Waals surface area contributed by atoms with Crippen molar-refractivity contribution in [1.82, 2.24) is 14.8 Å². The summed E-state index contributed by atoms with van der Waals surface area (Å²) < 4.78 is 0.817. The second-order valence-corrected chi connectivity index (χ2v) is 5.87. The number of hydrogen-bond acceptors (Lipinski definition) is 4. The summed E-state index contributed by atoms with van der Waals surface area (Å²) in [5, 5.41) is 0.558. The number of primary amides is 1. The first-order valence-corrected chi connectivity index (χ1v) is 7.21. The molecule has 8 heteroatoms. The molecule has 0 atom stereocenters. The van der Waals surface area contributed by atoms with Crippen molar-refractivity contribution in [3.63, 3.8) is 0 Å². The van der Waals surface area contributed by atoms with E-state index in [0.717, 1.165) is 10.2 Å². The monoisotopic (exact) mass is 360 g/mol. The number of hydrogen-bond donors (Lipinski definition) is 1. The number of nitrogens with two attached hydrogens (primary N) is 1. The van der Waals surface area contributed by atoms with E-state index in [4.69, 9.17) is 17.3 Å². The minimum Gasteiger partial charge on any atom is -0.368 e. The first-order valence-electron chi connectivity index (χ1n) is 6.04. The van der Waals surface area contributed by atoms with E-state index in [2.05, 4.69) is 20.9 Å². The number of pyridine rings is 1. The number of halogens is 2. The van der Waals surface area contributed by atoms with Crippen LogP contribution in [0.4, 0.5) is 0 Å². The van der Waals surface area contributed by atoms with Crippen LogP contribution < -0.4 is 5.73 Å². The Hall–Kier alpha value is -1.18. The Bertz CT molecular complexity index is 540. The number of carbonyl (C=O) groups excluding carboxylic acids is 2. The summed E-state index contributed by atoms with van der Waals surface area (Å²) in [6.45, 7) is 1.95. The van der Waals surface area contributed by atoms with Crippen molar-refractivity contribution in [3.05, 3.63) is 27.5 Å². The minimum atomic E-state index is -0.492.